The van der Waals surface area contributed by atoms with Gasteiger partial charge in [0.25, 0.3) is 10.0 Å². The first kappa shape index (κ1) is 15.1. The van der Waals surface area contributed by atoms with Crippen molar-refractivity contribution in [1.29, 1.82) is 0 Å². The van der Waals surface area contributed by atoms with Crippen molar-refractivity contribution in [2.45, 2.75) is 17.7 Å². The summed E-state index contributed by atoms with van der Waals surface area (Å²) in [4.78, 5) is 10.5. The third kappa shape index (κ3) is 3.15. The first-order chi connectivity index (χ1) is 10.6. The second-order valence-electron chi connectivity index (χ2n) is 5.00. The van der Waals surface area contributed by atoms with Crippen molar-refractivity contribution >= 4 is 33.3 Å². The summed E-state index contributed by atoms with van der Waals surface area (Å²) >= 11 is 5.93. The molecule has 8 heteroatoms. The maximum absolute atomic E-state index is 12.3. The predicted octanol–water partition coefficient (Wildman–Crippen LogP) is 2.53. The van der Waals surface area contributed by atoms with Crippen LogP contribution in [0.15, 0.2) is 41.6 Å². The summed E-state index contributed by atoms with van der Waals surface area (Å²) in [6, 6.07) is 6.27. The van der Waals surface area contributed by atoms with Crippen LogP contribution in [0, 0.1) is 0 Å². The summed E-state index contributed by atoms with van der Waals surface area (Å²) < 4.78 is 27.0. The van der Waals surface area contributed by atoms with Gasteiger partial charge in [-0.05, 0) is 25.0 Å². The molecule has 0 radical (unpaired) electrons. The Bertz CT molecular complexity index is 759. The van der Waals surface area contributed by atoms with Crippen LogP contribution in [0.25, 0.3) is 0 Å². The van der Waals surface area contributed by atoms with Crippen molar-refractivity contribution in [3.05, 3.63) is 41.7 Å². The molecule has 1 N–H and O–H groups in total. The molecule has 0 unspecified atom stereocenters. The van der Waals surface area contributed by atoms with Crippen LogP contribution >= 0.6 is 11.6 Å². The molecule has 0 aliphatic carbocycles. The number of nitrogens with zero attached hydrogens (tertiary/aromatic N) is 3. The maximum atomic E-state index is 12.3. The summed E-state index contributed by atoms with van der Waals surface area (Å²) in [6.07, 6.45) is 5.19. The Balaban J connectivity index is 1.79. The molecule has 1 aliphatic heterocycles. The molecule has 1 fully saturated rings. The molecule has 0 bridgehead atoms. The minimum atomic E-state index is -3.75. The summed E-state index contributed by atoms with van der Waals surface area (Å²) in [7, 11) is -3.75. The molecule has 0 spiro atoms. The Morgan fingerprint density at radius 1 is 1.09 bits per heavy atom. The van der Waals surface area contributed by atoms with Crippen LogP contribution in [-0.2, 0) is 10.0 Å². The molecular formula is C14H15ClN4O2S. The second kappa shape index (κ2) is 6.10. The number of hydrogen-bond acceptors (Lipinski definition) is 5. The topological polar surface area (TPSA) is 75.2 Å². The lowest BCUT2D eigenvalue weighted by molar-refractivity contribution is 0.601. The zero-order valence-corrected chi connectivity index (χ0v) is 13.3. The van der Waals surface area contributed by atoms with Gasteiger partial charge in [-0.3, -0.25) is 4.72 Å². The Labute approximate surface area is 134 Å². The fourth-order valence-corrected chi connectivity index (χ4v) is 3.88. The number of rotatable bonds is 4. The number of anilines is 2. The normalized spacial score (nSPS) is 15.0. The Morgan fingerprint density at radius 2 is 1.73 bits per heavy atom. The van der Waals surface area contributed by atoms with Crippen molar-refractivity contribution in [3.8, 4) is 0 Å². The van der Waals surface area contributed by atoms with E-state index in [1.165, 1.54) is 24.5 Å². The van der Waals surface area contributed by atoms with Gasteiger partial charge in [0.2, 0.25) is 5.95 Å². The summed E-state index contributed by atoms with van der Waals surface area (Å²) in [5, 5.41) is 0.171. The van der Waals surface area contributed by atoms with Gasteiger partial charge in [-0.2, -0.15) is 0 Å². The maximum Gasteiger partial charge on any atom is 0.263 e. The van der Waals surface area contributed by atoms with E-state index in [-0.39, 0.29) is 9.92 Å². The van der Waals surface area contributed by atoms with Gasteiger partial charge >= 0.3 is 0 Å². The van der Waals surface area contributed by atoms with Crippen molar-refractivity contribution in [2.24, 2.45) is 0 Å². The van der Waals surface area contributed by atoms with Crippen LogP contribution in [0.1, 0.15) is 12.8 Å². The highest BCUT2D eigenvalue weighted by molar-refractivity contribution is 7.92. The highest BCUT2D eigenvalue weighted by Crippen LogP contribution is 2.23. The number of benzene rings is 1. The minimum absolute atomic E-state index is 0.0280. The molecule has 116 valence electrons. The van der Waals surface area contributed by atoms with Crippen LogP contribution in [0.2, 0.25) is 5.02 Å². The van der Waals surface area contributed by atoms with Gasteiger partial charge < -0.3 is 4.90 Å². The first-order valence-corrected chi connectivity index (χ1v) is 8.77. The van der Waals surface area contributed by atoms with Gasteiger partial charge in [-0.15, -0.1) is 0 Å². The SMILES string of the molecule is O=S(=O)(Nc1cnc(N2CCCC2)nc1)c1ccccc1Cl. The first-order valence-electron chi connectivity index (χ1n) is 6.90. The van der Waals surface area contributed by atoms with Gasteiger partial charge in [-0.25, -0.2) is 18.4 Å². The largest absolute Gasteiger partial charge is 0.341 e. The summed E-state index contributed by atoms with van der Waals surface area (Å²) in [6.45, 7) is 1.87. The third-order valence-corrected chi connectivity index (χ3v) is 5.29. The minimum Gasteiger partial charge on any atom is -0.341 e. The zero-order chi connectivity index (χ0) is 15.6. The van der Waals surface area contributed by atoms with Crippen LogP contribution in [0.5, 0.6) is 0 Å². The highest BCUT2D eigenvalue weighted by atomic mass is 35.5. The summed E-state index contributed by atoms with van der Waals surface area (Å²) in [5.74, 6) is 0.623. The molecular weight excluding hydrogens is 324 g/mol. The Kier molecular flexibility index (Phi) is 4.17. The quantitative estimate of drug-likeness (QED) is 0.927. The van der Waals surface area contributed by atoms with Gasteiger partial charge in [0.05, 0.1) is 23.1 Å². The molecule has 0 amide bonds. The molecule has 2 aromatic rings. The van der Waals surface area contributed by atoms with Crippen molar-refractivity contribution in [1.82, 2.24) is 9.97 Å². The van der Waals surface area contributed by atoms with Crippen molar-refractivity contribution in [3.63, 3.8) is 0 Å². The number of hydrogen-bond donors (Lipinski definition) is 1. The van der Waals surface area contributed by atoms with E-state index in [4.69, 9.17) is 11.6 Å². The molecule has 3 rings (SSSR count). The fourth-order valence-electron chi connectivity index (χ4n) is 2.33. The van der Waals surface area contributed by atoms with E-state index >= 15 is 0 Å². The van der Waals surface area contributed by atoms with Gasteiger partial charge in [0, 0.05) is 13.1 Å². The standard InChI is InChI=1S/C14H15ClN4O2S/c15-12-5-1-2-6-13(12)22(20,21)18-11-9-16-14(17-10-11)19-7-3-4-8-19/h1-2,5-6,9-10,18H,3-4,7-8H2. The average molecular weight is 339 g/mol. The van der Waals surface area contributed by atoms with Gasteiger partial charge in [0.1, 0.15) is 4.90 Å². The van der Waals surface area contributed by atoms with Crippen LogP contribution in [-0.4, -0.2) is 31.5 Å². The van der Waals surface area contributed by atoms with Crippen molar-refractivity contribution < 1.29 is 8.42 Å². The molecule has 22 heavy (non-hydrogen) atoms. The molecule has 2 heterocycles. The van der Waals surface area contributed by atoms with E-state index in [2.05, 4.69) is 19.6 Å². The van der Waals surface area contributed by atoms with E-state index in [0.29, 0.717) is 11.6 Å². The molecule has 1 aromatic carbocycles. The molecule has 1 aromatic heterocycles. The van der Waals surface area contributed by atoms with Crippen molar-refractivity contribution in [2.75, 3.05) is 22.7 Å². The smallest absolute Gasteiger partial charge is 0.263 e. The van der Waals surface area contributed by atoms with E-state index in [1.807, 2.05) is 0 Å². The number of aromatic nitrogens is 2. The molecule has 0 atom stereocenters. The molecule has 1 aliphatic rings. The molecule has 6 nitrogen and oxygen atoms in total. The summed E-state index contributed by atoms with van der Waals surface area (Å²) in [5.41, 5.74) is 0.308. The molecule has 1 saturated heterocycles. The van der Waals surface area contributed by atoms with E-state index in [9.17, 15) is 8.42 Å². The number of halogens is 1. The fraction of sp³-hybridized carbons (Fsp3) is 0.286. The van der Waals surface area contributed by atoms with Crippen LogP contribution < -0.4 is 9.62 Å². The Hall–Kier alpha value is -1.86. The molecule has 0 saturated carbocycles. The van der Waals surface area contributed by atoms with E-state index in [1.54, 1.807) is 12.1 Å². The third-order valence-electron chi connectivity index (χ3n) is 3.41. The lowest BCUT2D eigenvalue weighted by Gasteiger charge is -2.15. The monoisotopic (exact) mass is 338 g/mol. The van der Waals surface area contributed by atoms with Crippen LogP contribution in [0.3, 0.4) is 0 Å². The lowest BCUT2D eigenvalue weighted by atomic mass is 10.4. The predicted molar refractivity (Wildman–Crippen MR) is 85.7 cm³/mol. The van der Waals surface area contributed by atoms with Gasteiger partial charge in [-0.1, -0.05) is 23.7 Å². The number of nitrogens with one attached hydrogen (secondary N) is 1. The average Bonchev–Trinajstić information content (AvgIpc) is 3.02. The second-order valence-corrected chi connectivity index (χ2v) is 7.06. The van der Waals surface area contributed by atoms with Crippen LogP contribution in [0.4, 0.5) is 11.6 Å². The van der Waals surface area contributed by atoms with E-state index in [0.717, 1.165) is 25.9 Å². The Morgan fingerprint density at radius 3 is 2.36 bits per heavy atom. The zero-order valence-electron chi connectivity index (χ0n) is 11.7. The van der Waals surface area contributed by atoms with Gasteiger partial charge in [0.15, 0.2) is 0 Å². The highest BCUT2D eigenvalue weighted by Gasteiger charge is 2.19. The lowest BCUT2D eigenvalue weighted by Crippen LogP contribution is -2.20. The van der Waals surface area contributed by atoms with E-state index < -0.39 is 10.0 Å². The number of sulfonamides is 1.